The minimum Gasteiger partial charge on any atom is -0.388 e. The number of hydrogen-bond acceptors (Lipinski definition) is 3. The minimum absolute atomic E-state index is 0.0451. The van der Waals surface area contributed by atoms with E-state index in [2.05, 4.69) is 16.0 Å². The maximum atomic E-state index is 11.8. The summed E-state index contributed by atoms with van der Waals surface area (Å²) in [4.78, 5) is 23.4. The fourth-order valence-corrected chi connectivity index (χ4v) is 2.31. The fraction of sp³-hybridized carbons (Fsp3) is 0.500. The summed E-state index contributed by atoms with van der Waals surface area (Å²) >= 11 is 0. The van der Waals surface area contributed by atoms with Crippen molar-refractivity contribution in [3.05, 3.63) is 24.3 Å². The van der Waals surface area contributed by atoms with Gasteiger partial charge in [-0.25, -0.2) is 4.79 Å². The molecular weight excluding hydrogens is 282 g/mol. The third-order valence-corrected chi connectivity index (χ3v) is 3.74. The molecule has 120 valence electrons. The third kappa shape index (κ3) is 4.73. The van der Waals surface area contributed by atoms with Gasteiger partial charge < -0.3 is 21.1 Å². The average molecular weight is 305 g/mol. The van der Waals surface area contributed by atoms with Gasteiger partial charge in [0, 0.05) is 24.3 Å². The Kier molecular flexibility index (Phi) is 5.38. The van der Waals surface area contributed by atoms with E-state index in [1.807, 2.05) is 6.92 Å². The molecule has 4 N–H and O–H groups in total. The quantitative estimate of drug-likeness (QED) is 0.650. The highest BCUT2D eigenvalue weighted by Crippen LogP contribution is 2.30. The summed E-state index contributed by atoms with van der Waals surface area (Å²) in [5.74, 6) is -0.0451. The molecule has 6 nitrogen and oxygen atoms in total. The van der Waals surface area contributed by atoms with Crippen LogP contribution in [0, 0.1) is 0 Å². The van der Waals surface area contributed by atoms with Crippen molar-refractivity contribution in [3.8, 4) is 0 Å². The normalized spacial score (nSPS) is 15.5. The van der Waals surface area contributed by atoms with Gasteiger partial charge in [0.25, 0.3) is 0 Å². The van der Waals surface area contributed by atoms with Crippen LogP contribution in [-0.4, -0.2) is 29.2 Å². The number of hydrogen-bond donors (Lipinski definition) is 4. The summed E-state index contributed by atoms with van der Waals surface area (Å²) < 4.78 is 0. The van der Waals surface area contributed by atoms with Gasteiger partial charge in [-0.15, -0.1) is 0 Å². The molecule has 22 heavy (non-hydrogen) atoms. The van der Waals surface area contributed by atoms with E-state index in [0.29, 0.717) is 17.8 Å². The lowest BCUT2D eigenvalue weighted by Gasteiger charge is -2.36. The summed E-state index contributed by atoms with van der Waals surface area (Å²) in [6, 6.07) is 6.61. The minimum atomic E-state index is -0.743. The van der Waals surface area contributed by atoms with Crippen molar-refractivity contribution in [1.29, 1.82) is 0 Å². The lowest BCUT2D eigenvalue weighted by atomic mass is 9.80. The van der Waals surface area contributed by atoms with Gasteiger partial charge in [0.15, 0.2) is 0 Å². The number of carbonyl (C=O) groups is 2. The second kappa shape index (κ2) is 7.26. The summed E-state index contributed by atoms with van der Waals surface area (Å²) in [5, 5.41) is 18.1. The molecule has 0 saturated heterocycles. The van der Waals surface area contributed by atoms with Crippen LogP contribution in [0.25, 0.3) is 0 Å². The van der Waals surface area contributed by atoms with Crippen molar-refractivity contribution in [3.63, 3.8) is 0 Å². The summed E-state index contributed by atoms with van der Waals surface area (Å²) in [6.45, 7) is 2.20. The number of benzene rings is 1. The van der Waals surface area contributed by atoms with E-state index >= 15 is 0 Å². The van der Waals surface area contributed by atoms with Gasteiger partial charge in [-0.3, -0.25) is 4.79 Å². The topological polar surface area (TPSA) is 90.5 Å². The molecule has 2 rings (SSSR count). The molecule has 1 aromatic rings. The SMILES string of the molecule is CCCC(=O)Nc1cccc(NC(=O)NCC2(O)CCC2)c1. The van der Waals surface area contributed by atoms with E-state index in [9.17, 15) is 14.7 Å². The molecule has 0 heterocycles. The third-order valence-electron chi connectivity index (χ3n) is 3.74. The van der Waals surface area contributed by atoms with Crippen molar-refractivity contribution < 1.29 is 14.7 Å². The second-order valence-corrected chi connectivity index (χ2v) is 5.76. The van der Waals surface area contributed by atoms with Crippen LogP contribution in [-0.2, 0) is 4.79 Å². The van der Waals surface area contributed by atoms with Crippen LogP contribution >= 0.6 is 0 Å². The number of amides is 3. The Morgan fingerprint density at radius 1 is 1.23 bits per heavy atom. The van der Waals surface area contributed by atoms with Crippen LogP contribution in [0.5, 0.6) is 0 Å². The molecule has 0 atom stereocenters. The number of anilines is 2. The first-order valence-corrected chi connectivity index (χ1v) is 7.68. The van der Waals surface area contributed by atoms with Crippen LogP contribution in [0.2, 0.25) is 0 Å². The molecule has 0 aliphatic heterocycles. The number of nitrogens with one attached hydrogen (secondary N) is 3. The van der Waals surface area contributed by atoms with Crippen molar-refractivity contribution in [2.45, 2.75) is 44.6 Å². The summed E-state index contributed by atoms with van der Waals surface area (Å²) in [5.41, 5.74) is 0.495. The Balaban J connectivity index is 1.84. The highest BCUT2D eigenvalue weighted by molar-refractivity contribution is 5.93. The van der Waals surface area contributed by atoms with E-state index in [-0.39, 0.29) is 18.5 Å². The maximum Gasteiger partial charge on any atom is 0.319 e. The molecule has 0 radical (unpaired) electrons. The lowest BCUT2D eigenvalue weighted by molar-refractivity contribution is -0.116. The number of rotatable bonds is 6. The van der Waals surface area contributed by atoms with Gasteiger partial charge in [0.1, 0.15) is 0 Å². The zero-order chi connectivity index (χ0) is 16.0. The van der Waals surface area contributed by atoms with E-state index in [1.54, 1.807) is 24.3 Å². The van der Waals surface area contributed by atoms with Crippen LogP contribution in [0.1, 0.15) is 39.0 Å². The van der Waals surface area contributed by atoms with E-state index in [0.717, 1.165) is 25.7 Å². The van der Waals surface area contributed by atoms with Crippen molar-refractivity contribution in [2.75, 3.05) is 17.2 Å². The first-order valence-electron chi connectivity index (χ1n) is 7.68. The molecule has 0 unspecified atom stereocenters. The molecule has 0 spiro atoms. The van der Waals surface area contributed by atoms with E-state index < -0.39 is 5.60 Å². The summed E-state index contributed by atoms with van der Waals surface area (Å²) in [6.07, 6.45) is 3.71. The maximum absolute atomic E-state index is 11.8. The van der Waals surface area contributed by atoms with Gasteiger partial charge in [-0.1, -0.05) is 13.0 Å². The van der Waals surface area contributed by atoms with Gasteiger partial charge in [0.05, 0.1) is 5.60 Å². The Morgan fingerprint density at radius 3 is 2.50 bits per heavy atom. The predicted molar refractivity (Wildman–Crippen MR) is 85.8 cm³/mol. The Morgan fingerprint density at radius 2 is 1.91 bits per heavy atom. The second-order valence-electron chi connectivity index (χ2n) is 5.76. The highest BCUT2D eigenvalue weighted by atomic mass is 16.3. The van der Waals surface area contributed by atoms with E-state index in [4.69, 9.17) is 0 Å². The summed E-state index contributed by atoms with van der Waals surface area (Å²) in [7, 11) is 0. The fourth-order valence-electron chi connectivity index (χ4n) is 2.31. The lowest BCUT2D eigenvalue weighted by Crippen LogP contribution is -2.48. The van der Waals surface area contributed by atoms with Crippen LogP contribution in [0.3, 0.4) is 0 Å². The van der Waals surface area contributed by atoms with Crippen molar-refractivity contribution in [1.82, 2.24) is 5.32 Å². The van der Waals surface area contributed by atoms with Crippen molar-refractivity contribution >= 4 is 23.3 Å². The standard InChI is InChI=1S/C16H23N3O3/c1-2-5-14(20)18-12-6-3-7-13(10-12)19-15(21)17-11-16(22)8-4-9-16/h3,6-7,10,22H,2,4-5,8-9,11H2,1H3,(H,18,20)(H2,17,19,21). The Bertz CT molecular complexity index is 541. The zero-order valence-corrected chi connectivity index (χ0v) is 12.8. The van der Waals surface area contributed by atoms with Crippen LogP contribution in [0.15, 0.2) is 24.3 Å². The van der Waals surface area contributed by atoms with Gasteiger partial charge in [0.2, 0.25) is 5.91 Å². The largest absolute Gasteiger partial charge is 0.388 e. The smallest absolute Gasteiger partial charge is 0.319 e. The Labute approximate surface area is 130 Å². The van der Waals surface area contributed by atoms with Crippen LogP contribution < -0.4 is 16.0 Å². The first-order chi connectivity index (χ1) is 10.5. The van der Waals surface area contributed by atoms with Gasteiger partial charge in [-0.2, -0.15) is 0 Å². The average Bonchev–Trinajstić information content (AvgIpc) is 2.43. The predicted octanol–water partition coefficient (Wildman–Crippen LogP) is 2.46. The first kappa shape index (κ1) is 16.3. The highest BCUT2D eigenvalue weighted by Gasteiger charge is 2.34. The van der Waals surface area contributed by atoms with E-state index in [1.165, 1.54) is 0 Å². The molecule has 1 saturated carbocycles. The molecule has 0 bridgehead atoms. The molecular formula is C16H23N3O3. The van der Waals surface area contributed by atoms with Crippen molar-refractivity contribution in [2.24, 2.45) is 0 Å². The molecule has 1 aromatic carbocycles. The molecule has 3 amide bonds. The number of urea groups is 1. The molecule has 0 aromatic heterocycles. The Hall–Kier alpha value is -2.08. The molecule has 6 heteroatoms. The molecule has 1 aliphatic carbocycles. The molecule has 1 aliphatic rings. The number of carbonyl (C=O) groups excluding carboxylic acids is 2. The molecule has 1 fully saturated rings. The number of aliphatic hydroxyl groups is 1. The van der Waals surface area contributed by atoms with Crippen LogP contribution in [0.4, 0.5) is 16.2 Å². The monoisotopic (exact) mass is 305 g/mol. The van der Waals surface area contributed by atoms with Gasteiger partial charge >= 0.3 is 6.03 Å². The zero-order valence-electron chi connectivity index (χ0n) is 12.8. The van der Waals surface area contributed by atoms with Gasteiger partial charge in [-0.05, 0) is 43.9 Å².